The van der Waals surface area contributed by atoms with Crippen LogP contribution in [0.1, 0.15) is 5.56 Å². The van der Waals surface area contributed by atoms with E-state index in [1.54, 1.807) is 11.8 Å². The molecule has 56 valence electrons. The van der Waals surface area contributed by atoms with Crippen LogP contribution in [0.4, 0.5) is 0 Å². The molecule has 2 aliphatic rings. The van der Waals surface area contributed by atoms with Crippen LogP contribution in [0.25, 0.3) is 0 Å². The van der Waals surface area contributed by atoms with Crippen LogP contribution in [-0.2, 0) is 16.2 Å². The van der Waals surface area contributed by atoms with E-state index in [2.05, 4.69) is 12.1 Å². The summed E-state index contributed by atoms with van der Waals surface area (Å²) >= 11 is 1.66. The van der Waals surface area contributed by atoms with Crippen molar-refractivity contribution >= 4 is 11.8 Å². The number of hydrogen-bond donors (Lipinski definition) is 0. The Morgan fingerprint density at radius 3 is 2.82 bits per heavy atom. The van der Waals surface area contributed by atoms with E-state index in [0.29, 0.717) is 0 Å². The highest BCUT2D eigenvalue weighted by Crippen LogP contribution is 2.54. The smallest absolute Gasteiger partial charge is 0.182 e. The Kier molecular flexibility index (Phi) is 0.991. The second-order valence-electron chi connectivity index (χ2n) is 2.74. The Bertz CT molecular complexity index is 280. The Morgan fingerprint density at radius 2 is 2.09 bits per heavy atom. The molecule has 0 aromatic heterocycles. The van der Waals surface area contributed by atoms with Crippen molar-refractivity contribution in [3.63, 3.8) is 0 Å². The molecule has 0 radical (unpaired) electrons. The van der Waals surface area contributed by atoms with Gasteiger partial charge >= 0.3 is 0 Å². The van der Waals surface area contributed by atoms with Gasteiger partial charge in [0.2, 0.25) is 0 Å². The van der Waals surface area contributed by atoms with Gasteiger partial charge in [-0.25, -0.2) is 0 Å². The number of rotatable bonds is 0. The number of benzene rings is 1. The Morgan fingerprint density at radius 1 is 1.27 bits per heavy atom. The maximum atomic E-state index is 4.90. The van der Waals surface area contributed by atoms with E-state index in [0.717, 1.165) is 6.42 Å². The van der Waals surface area contributed by atoms with E-state index < -0.39 is 0 Å². The third-order valence-corrected chi connectivity index (χ3v) is 3.12. The minimum absolute atomic E-state index is 0.330. The van der Waals surface area contributed by atoms with Gasteiger partial charge in [0.15, 0.2) is 0 Å². The van der Waals surface area contributed by atoms with E-state index in [1.165, 1.54) is 10.5 Å². The van der Waals surface area contributed by atoms with Crippen LogP contribution in [0.5, 0.6) is 0 Å². The summed E-state index contributed by atoms with van der Waals surface area (Å²) in [6.45, 7) is 0. The molecule has 0 aliphatic carbocycles. The lowest BCUT2D eigenvalue weighted by atomic mass is 10.2. The minimum Gasteiger partial charge on any atom is -0.182 e. The molecule has 1 spiro atoms. The molecule has 2 aliphatic heterocycles. The molecule has 1 fully saturated rings. The largest absolute Gasteiger partial charge is 0.288 e. The first-order valence-corrected chi connectivity index (χ1v) is 4.33. The molecule has 0 bridgehead atoms. The molecule has 0 amide bonds. The quantitative estimate of drug-likeness (QED) is 0.435. The Labute approximate surface area is 68.4 Å². The van der Waals surface area contributed by atoms with Crippen LogP contribution in [0.2, 0.25) is 0 Å². The van der Waals surface area contributed by atoms with E-state index >= 15 is 0 Å². The van der Waals surface area contributed by atoms with Crippen LogP contribution < -0.4 is 0 Å². The summed E-state index contributed by atoms with van der Waals surface area (Å²) in [6, 6.07) is 8.29. The standard InChI is InChI=1S/C8H6O2S/c1-2-4-7-6(3-1)5-8(11-7)9-10-8/h1-4H,5H2. The van der Waals surface area contributed by atoms with Gasteiger partial charge in [0, 0.05) is 11.3 Å². The summed E-state index contributed by atoms with van der Waals surface area (Å²) in [7, 11) is 0. The predicted octanol–water partition coefficient (Wildman–Crippen LogP) is 1.95. The average Bonchev–Trinajstić information content (AvgIpc) is 2.66. The van der Waals surface area contributed by atoms with Crippen LogP contribution in [0, 0.1) is 0 Å². The van der Waals surface area contributed by atoms with Gasteiger partial charge in [-0.1, -0.05) is 30.0 Å². The zero-order chi connectivity index (χ0) is 7.31. The number of fused-ring (bicyclic) bond motifs is 1. The number of hydrogen-bond acceptors (Lipinski definition) is 3. The number of thioether (sulfide) groups is 1. The maximum absolute atomic E-state index is 4.90. The molecule has 1 aromatic rings. The Hall–Kier alpha value is -0.510. The lowest BCUT2D eigenvalue weighted by Gasteiger charge is -1.90. The lowest BCUT2D eigenvalue weighted by Crippen LogP contribution is -1.99. The first kappa shape index (κ1) is 6.06. The molecular formula is C8H6O2S. The summed E-state index contributed by atoms with van der Waals surface area (Å²) in [4.78, 5) is 11.1. The average molecular weight is 166 g/mol. The molecule has 3 rings (SSSR count). The van der Waals surface area contributed by atoms with Crippen molar-refractivity contribution in [2.24, 2.45) is 0 Å². The molecule has 1 aromatic carbocycles. The lowest BCUT2D eigenvalue weighted by molar-refractivity contribution is 0.0850. The zero-order valence-electron chi connectivity index (χ0n) is 5.74. The van der Waals surface area contributed by atoms with Crippen molar-refractivity contribution in [2.45, 2.75) is 16.4 Å². The first-order valence-electron chi connectivity index (χ1n) is 3.52. The van der Waals surface area contributed by atoms with Gasteiger partial charge in [0.25, 0.3) is 5.12 Å². The van der Waals surface area contributed by atoms with Gasteiger partial charge in [0.1, 0.15) is 0 Å². The SMILES string of the molecule is c1ccc2c(c1)CC1(OO1)S2. The molecule has 0 N–H and O–H groups in total. The fourth-order valence-corrected chi connectivity index (χ4v) is 2.41. The fourth-order valence-electron chi connectivity index (χ4n) is 1.33. The van der Waals surface area contributed by atoms with Crippen LogP contribution in [0.15, 0.2) is 29.2 Å². The van der Waals surface area contributed by atoms with E-state index in [1.807, 2.05) is 12.1 Å². The topological polar surface area (TPSA) is 25.1 Å². The summed E-state index contributed by atoms with van der Waals surface area (Å²) in [6.07, 6.45) is 0.883. The van der Waals surface area contributed by atoms with Crippen molar-refractivity contribution in [2.75, 3.05) is 0 Å². The molecule has 0 unspecified atom stereocenters. The highest BCUT2D eigenvalue weighted by atomic mass is 32.2. The summed E-state index contributed by atoms with van der Waals surface area (Å²) < 4.78 is 0. The van der Waals surface area contributed by atoms with Gasteiger partial charge in [-0.3, -0.25) is 0 Å². The van der Waals surface area contributed by atoms with Crippen molar-refractivity contribution in [1.82, 2.24) is 0 Å². The molecule has 11 heavy (non-hydrogen) atoms. The summed E-state index contributed by atoms with van der Waals surface area (Å²) in [5.74, 6) is 0. The molecule has 0 atom stereocenters. The second-order valence-corrected chi connectivity index (χ2v) is 4.00. The van der Waals surface area contributed by atoms with Crippen LogP contribution >= 0.6 is 11.8 Å². The fraction of sp³-hybridized carbons (Fsp3) is 0.250. The van der Waals surface area contributed by atoms with Crippen molar-refractivity contribution in [3.05, 3.63) is 29.8 Å². The molecule has 1 saturated heterocycles. The predicted molar refractivity (Wildman–Crippen MR) is 40.9 cm³/mol. The highest BCUT2D eigenvalue weighted by molar-refractivity contribution is 8.00. The van der Waals surface area contributed by atoms with Crippen LogP contribution in [0.3, 0.4) is 0 Å². The van der Waals surface area contributed by atoms with E-state index in [9.17, 15) is 0 Å². The summed E-state index contributed by atoms with van der Waals surface area (Å²) in [5.41, 5.74) is 1.33. The molecule has 0 saturated carbocycles. The third kappa shape index (κ3) is 0.819. The second kappa shape index (κ2) is 1.80. The highest BCUT2D eigenvalue weighted by Gasteiger charge is 2.54. The zero-order valence-corrected chi connectivity index (χ0v) is 6.56. The minimum atomic E-state index is -0.330. The van der Waals surface area contributed by atoms with Gasteiger partial charge in [-0.05, 0) is 11.6 Å². The third-order valence-electron chi connectivity index (χ3n) is 1.91. The summed E-state index contributed by atoms with van der Waals surface area (Å²) in [5, 5.41) is -0.330. The van der Waals surface area contributed by atoms with Gasteiger partial charge < -0.3 is 0 Å². The van der Waals surface area contributed by atoms with Gasteiger partial charge in [0.05, 0.1) is 0 Å². The molecule has 2 nitrogen and oxygen atoms in total. The van der Waals surface area contributed by atoms with E-state index in [4.69, 9.17) is 9.78 Å². The van der Waals surface area contributed by atoms with Crippen LogP contribution in [-0.4, -0.2) is 5.12 Å². The maximum Gasteiger partial charge on any atom is 0.288 e. The van der Waals surface area contributed by atoms with Crippen molar-refractivity contribution in [3.8, 4) is 0 Å². The van der Waals surface area contributed by atoms with Gasteiger partial charge in [-0.2, -0.15) is 9.78 Å². The first-order chi connectivity index (χ1) is 5.38. The van der Waals surface area contributed by atoms with Crippen molar-refractivity contribution < 1.29 is 9.78 Å². The van der Waals surface area contributed by atoms with E-state index in [-0.39, 0.29) is 5.12 Å². The normalized spacial score (nSPS) is 23.6. The molecular weight excluding hydrogens is 160 g/mol. The van der Waals surface area contributed by atoms with Crippen molar-refractivity contribution in [1.29, 1.82) is 0 Å². The molecule has 2 heterocycles. The Balaban J connectivity index is 2.08. The monoisotopic (exact) mass is 166 g/mol. The van der Waals surface area contributed by atoms with Gasteiger partial charge in [-0.15, -0.1) is 0 Å². The molecule has 3 heteroatoms.